The number of nitrogens with one attached hydrogen (secondary N) is 1. The molecule has 2 unspecified atom stereocenters. The first kappa shape index (κ1) is 12.4. The molecular weight excluding hydrogens is 214 g/mol. The van der Waals surface area contributed by atoms with Crippen LogP contribution in [0, 0.1) is 0 Å². The van der Waals surface area contributed by atoms with Crippen LogP contribution in [0.5, 0.6) is 0 Å². The highest BCUT2D eigenvalue weighted by molar-refractivity contribution is 5.16. The third-order valence-electron chi connectivity index (χ3n) is 3.51. The molecule has 94 valence electrons. The second-order valence-corrected chi connectivity index (χ2v) is 4.74. The smallest absolute Gasteiger partial charge is 0.0642 e. The van der Waals surface area contributed by atoms with Gasteiger partial charge in [0, 0.05) is 38.1 Å². The maximum absolute atomic E-state index is 5.72. The summed E-state index contributed by atoms with van der Waals surface area (Å²) in [4.78, 5) is 8.86. The molecule has 1 aromatic heterocycles. The predicted octanol–water partition coefficient (Wildman–Crippen LogP) is -0.168. The molecule has 2 heterocycles. The average Bonchev–Trinajstić information content (AvgIpc) is 2.36. The molecule has 1 aliphatic heterocycles. The number of hydrogen-bond acceptors (Lipinski definition) is 5. The van der Waals surface area contributed by atoms with Crippen LogP contribution in [0.2, 0.25) is 0 Å². The van der Waals surface area contributed by atoms with E-state index in [-0.39, 0.29) is 6.04 Å². The van der Waals surface area contributed by atoms with Crippen molar-refractivity contribution in [2.24, 2.45) is 5.84 Å². The molecule has 5 heteroatoms. The van der Waals surface area contributed by atoms with Crippen molar-refractivity contribution in [1.29, 1.82) is 0 Å². The Labute approximate surface area is 103 Å². The first-order valence-corrected chi connectivity index (χ1v) is 5.97. The Morgan fingerprint density at radius 3 is 2.94 bits per heavy atom. The summed E-state index contributed by atoms with van der Waals surface area (Å²) in [6.45, 7) is 3.19. The summed E-state index contributed by atoms with van der Waals surface area (Å²) in [5.74, 6) is 5.72. The molecule has 0 bridgehead atoms. The molecule has 0 spiro atoms. The van der Waals surface area contributed by atoms with Gasteiger partial charge in [0.2, 0.25) is 0 Å². The zero-order valence-electron chi connectivity index (χ0n) is 10.5. The molecule has 0 saturated carbocycles. The fraction of sp³-hybridized carbons (Fsp3) is 0.583. The number of nitrogens with two attached hydrogens (primary N) is 1. The fourth-order valence-electron chi connectivity index (χ4n) is 2.39. The number of piperazine rings is 1. The lowest BCUT2D eigenvalue weighted by Crippen LogP contribution is -2.56. The summed E-state index contributed by atoms with van der Waals surface area (Å²) in [6.07, 6.45) is 3.67. The van der Waals surface area contributed by atoms with Gasteiger partial charge in [0.1, 0.15) is 0 Å². The Bertz CT molecular complexity index is 342. The van der Waals surface area contributed by atoms with Gasteiger partial charge < -0.3 is 4.90 Å². The second kappa shape index (κ2) is 5.55. The van der Waals surface area contributed by atoms with Crippen LogP contribution < -0.4 is 11.3 Å². The topological polar surface area (TPSA) is 57.4 Å². The molecule has 3 N–H and O–H groups in total. The van der Waals surface area contributed by atoms with Crippen molar-refractivity contribution in [3.63, 3.8) is 0 Å². The molecule has 0 aliphatic carbocycles. The van der Waals surface area contributed by atoms with Gasteiger partial charge in [-0.2, -0.15) is 0 Å². The molecule has 0 aromatic carbocycles. The predicted molar refractivity (Wildman–Crippen MR) is 68.2 cm³/mol. The lowest BCUT2D eigenvalue weighted by atomic mass is 9.98. The van der Waals surface area contributed by atoms with Crippen LogP contribution in [0.1, 0.15) is 11.6 Å². The largest absolute Gasteiger partial charge is 0.303 e. The highest BCUT2D eigenvalue weighted by atomic mass is 15.3. The normalized spacial score (nSPS) is 24.8. The molecule has 0 radical (unpaired) electrons. The summed E-state index contributed by atoms with van der Waals surface area (Å²) in [6, 6.07) is 4.52. The highest BCUT2D eigenvalue weighted by Crippen LogP contribution is 2.21. The van der Waals surface area contributed by atoms with Gasteiger partial charge in [-0.3, -0.25) is 21.2 Å². The number of pyridine rings is 1. The second-order valence-electron chi connectivity index (χ2n) is 4.74. The Kier molecular flexibility index (Phi) is 4.06. The van der Waals surface area contributed by atoms with Crippen LogP contribution in [0.25, 0.3) is 0 Å². The van der Waals surface area contributed by atoms with Crippen molar-refractivity contribution in [3.05, 3.63) is 30.1 Å². The number of hydrazine groups is 1. The molecule has 5 nitrogen and oxygen atoms in total. The zero-order valence-corrected chi connectivity index (χ0v) is 10.5. The monoisotopic (exact) mass is 235 g/mol. The maximum atomic E-state index is 5.72. The number of hydrogen-bond donors (Lipinski definition) is 2. The minimum absolute atomic E-state index is 0.122. The number of nitrogens with zero attached hydrogens (tertiary/aromatic N) is 3. The summed E-state index contributed by atoms with van der Waals surface area (Å²) in [5.41, 5.74) is 4.07. The Morgan fingerprint density at radius 1 is 1.47 bits per heavy atom. The summed E-state index contributed by atoms with van der Waals surface area (Å²) in [5, 5.41) is 0. The van der Waals surface area contributed by atoms with Crippen molar-refractivity contribution in [1.82, 2.24) is 20.2 Å². The first-order valence-electron chi connectivity index (χ1n) is 5.97. The van der Waals surface area contributed by atoms with Gasteiger partial charge in [0.15, 0.2) is 0 Å². The van der Waals surface area contributed by atoms with Crippen molar-refractivity contribution >= 4 is 0 Å². The molecule has 2 atom stereocenters. The van der Waals surface area contributed by atoms with E-state index in [0.717, 1.165) is 25.2 Å². The Hall–Kier alpha value is -1.01. The lowest BCUT2D eigenvalue weighted by Gasteiger charge is -2.41. The minimum Gasteiger partial charge on any atom is -0.303 e. The summed E-state index contributed by atoms with van der Waals surface area (Å²) < 4.78 is 0. The van der Waals surface area contributed by atoms with Gasteiger partial charge in [-0.05, 0) is 25.7 Å². The van der Waals surface area contributed by atoms with Crippen molar-refractivity contribution < 1.29 is 0 Å². The van der Waals surface area contributed by atoms with Crippen LogP contribution in [0.3, 0.4) is 0 Å². The maximum Gasteiger partial charge on any atom is 0.0642 e. The van der Waals surface area contributed by atoms with Gasteiger partial charge in [-0.15, -0.1) is 0 Å². The molecule has 1 fully saturated rings. The van der Waals surface area contributed by atoms with Gasteiger partial charge in [0.05, 0.1) is 6.04 Å². The Morgan fingerprint density at radius 2 is 2.29 bits per heavy atom. The van der Waals surface area contributed by atoms with E-state index in [1.165, 1.54) is 0 Å². The van der Waals surface area contributed by atoms with E-state index in [9.17, 15) is 0 Å². The number of rotatable bonds is 3. The molecule has 1 aromatic rings. The van der Waals surface area contributed by atoms with Crippen molar-refractivity contribution in [2.75, 3.05) is 33.7 Å². The van der Waals surface area contributed by atoms with Crippen LogP contribution in [0.4, 0.5) is 0 Å². The summed E-state index contributed by atoms with van der Waals surface area (Å²) >= 11 is 0. The molecule has 0 amide bonds. The third-order valence-corrected chi connectivity index (χ3v) is 3.51. The van der Waals surface area contributed by atoms with E-state index in [1.807, 2.05) is 12.3 Å². The first-order chi connectivity index (χ1) is 8.22. The van der Waals surface area contributed by atoms with Crippen LogP contribution in [-0.4, -0.2) is 54.6 Å². The van der Waals surface area contributed by atoms with Crippen LogP contribution in [0.15, 0.2) is 24.5 Å². The molecule has 17 heavy (non-hydrogen) atoms. The van der Waals surface area contributed by atoms with E-state index < -0.39 is 0 Å². The third kappa shape index (κ3) is 2.81. The molecule has 2 rings (SSSR count). The van der Waals surface area contributed by atoms with Gasteiger partial charge in [-0.1, -0.05) is 6.07 Å². The van der Waals surface area contributed by atoms with Crippen LogP contribution >= 0.6 is 0 Å². The van der Waals surface area contributed by atoms with E-state index in [0.29, 0.717) is 6.04 Å². The molecular formula is C12H21N5. The van der Waals surface area contributed by atoms with E-state index in [4.69, 9.17) is 5.84 Å². The van der Waals surface area contributed by atoms with Crippen molar-refractivity contribution in [2.45, 2.75) is 12.1 Å². The number of likely N-dealkylation sites (N-methyl/N-ethyl adjacent to an activating group) is 2. The van der Waals surface area contributed by atoms with Gasteiger partial charge in [-0.25, -0.2) is 0 Å². The minimum atomic E-state index is 0.122. The Balaban J connectivity index is 2.17. The average molecular weight is 235 g/mol. The van der Waals surface area contributed by atoms with Gasteiger partial charge >= 0.3 is 0 Å². The van der Waals surface area contributed by atoms with E-state index in [1.54, 1.807) is 6.20 Å². The van der Waals surface area contributed by atoms with Crippen molar-refractivity contribution in [3.8, 4) is 0 Å². The summed E-state index contributed by atoms with van der Waals surface area (Å²) in [7, 11) is 4.30. The molecule has 1 aliphatic rings. The lowest BCUT2D eigenvalue weighted by molar-refractivity contribution is 0.0876. The zero-order chi connectivity index (χ0) is 12.3. The SMILES string of the molecule is CN1CCN(C)C(C(NN)c2cccnc2)C1. The fourth-order valence-corrected chi connectivity index (χ4v) is 2.39. The van der Waals surface area contributed by atoms with Crippen LogP contribution in [-0.2, 0) is 0 Å². The van der Waals surface area contributed by atoms with E-state index in [2.05, 4.69) is 40.4 Å². The van der Waals surface area contributed by atoms with Gasteiger partial charge in [0.25, 0.3) is 0 Å². The standard InChI is InChI=1S/C12H21N5/c1-16-6-7-17(2)11(9-16)12(15-13)10-4-3-5-14-8-10/h3-5,8,11-12,15H,6-7,9,13H2,1-2H3. The molecule has 1 saturated heterocycles. The highest BCUT2D eigenvalue weighted by Gasteiger charge is 2.30. The van der Waals surface area contributed by atoms with E-state index >= 15 is 0 Å². The quantitative estimate of drug-likeness (QED) is 0.563. The number of aromatic nitrogens is 1.